The highest BCUT2D eigenvalue weighted by Crippen LogP contribution is 2.18. The zero-order valence-electron chi connectivity index (χ0n) is 11.8. The van der Waals surface area contributed by atoms with Crippen LogP contribution in [0, 0.1) is 0 Å². The van der Waals surface area contributed by atoms with Crippen LogP contribution in [-0.4, -0.2) is 15.9 Å². The van der Waals surface area contributed by atoms with Crippen molar-refractivity contribution in [2.75, 3.05) is 5.32 Å². The fourth-order valence-corrected chi connectivity index (χ4v) is 2.32. The van der Waals surface area contributed by atoms with Crippen molar-refractivity contribution in [1.29, 1.82) is 0 Å². The summed E-state index contributed by atoms with van der Waals surface area (Å²) in [5.74, 6) is 0.289. The smallest absolute Gasteiger partial charge is 0.258 e. The number of hydrogen-bond donors (Lipinski definition) is 1. The molecule has 0 fully saturated rings. The average Bonchev–Trinajstić information content (AvgIpc) is 2.58. The molecule has 3 aromatic rings. The molecule has 1 aromatic heterocycles. The molecule has 0 radical (unpaired) electrons. The van der Waals surface area contributed by atoms with Crippen LogP contribution in [0.25, 0.3) is 11.4 Å². The number of aromatic nitrogens is 2. The summed E-state index contributed by atoms with van der Waals surface area (Å²) in [6.07, 6.45) is 3.01. The van der Waals surface area contributed by atoms with Gasteiger partial charge in [0.1, 0.15) is 0 Å². The number of halogens is 2. The molecule has 1 heterocycles. The van der Waals surface area contributed by atoms with E-state index in [1.54, 1.807) is 12.1 Å². The van der Waals surface area contributed by atoms with Crippen molar-refractivity contribution in [3.05, 3.63) is 76.0 Å². The summed E-state index contributed by atoms with van der Waals surface area (Å²) in [6, 6.07) is 14.5. The van der Waals surface area contributed by atoms with Gasteiger partial charge >= 0.3 is 0 Å². The maximum Gasteiger partial charge on any atom is 0.258 e. The van der Waals surface area contributed by atoms with Crippen molar-refractivity contribution in [2.45, 2.75) is 0 Å². The van der Waals surface area contributed by atoms with Crippen LogP contribution in [0.1, 0.15) is 10.4 Å². The lowest BCUT2D eigenvalue weighted by Gasteiger charge is -2.06. The first-order valence-corrected chi connectivity index (χ1v) is 7.94. The summed E-state index contributed by atoms with van der Waals surface area (Å²) in [5.41, 5.74) is 1.94. The fraction of sp³-hybridized carbons (Fsp3) is 0. The van der Waals surface area contributed by atoms with Gasteiger partial charge in [0.05, 0.1) is 5.56 Å². The largest absolute Gasteiger partial charge is 0.322 e. The van der Waals surface area contributed by atoms with Gasteiger partial charge in [-0.25, -0.2) is 9.97 Å². The summed E-state index contributed by atoms with van der Waals surface area (Å²) >= 11 is 9.21. The van der Waals surface area contributed by atoms with Crippen LogP contribution in [0.15, 0.2) is 65.4 Å². The molecule has 0 spiro atoms. The lowest BCUT2D eigenvalue weighted by molar-refractivity contribution is 0.102. The number of amides is 1. The maximum atomic E-state index is 12.2. The van der Waals surface area contributed by atoms with Gasteiger partial charge in [-0.15, -0.1) is 0 Å². The van der Waals surface area contributed by atoms with Crippen molar-refractivity contribution in [1.82, 2.24) is 9.97 Å². The van der Waals surface area contributed by atoms with Crippen molar-refractivity contribution in [3.63, 3.8) is 0 Å². The number of benzene rings is 2. The van der Waals surface area contributed by atoms with Crippen LogP contribution in [0.3, 0.4) is 0 Å². The molecule has 0 aliphatic rings. The highest BCUT2D eigenvalue weighted by atomic mass is 79.9. The van der Waals surface area contributed by atoms with Gasteiger partial charge in [0, 0.05) is 33.1 Å². The van der Waals surface area contributed by atoms with Crippen LogP contribution in [-0.2, 0) is 0 Å². The van der Waals surface area contributed by atoms with Crippen LogP contribution < -0.4 is 5.32 Å². The highest BCUT2D eigenvalue weighted by molar-refractivity contribution is 9.10. The van der Waals surface area contributed by atoms with Gasteiger partial charge in [-0.3, -0.25) is 4.79 Å². The summed E-state index contributed by atoms with van der Waals surface area (Å²) in [6.45, 7) is 0. The van der Waals surface area contributed by atoms with Gasteiger partial charge in [-0.05, 0) is 48.5 Å². The molecule has 114 valence electrons. The molecule has 4 nitrogen and oxygen atoms in total. The van der Waals surface area contributed by atoms with E-state index in [1.807, 2.05) is 36.4 Å². The third-order valence-corrected chi connectivity index (χ3v) is 3.90. The van der Waals surface area contributed by atoms with Crippen LogP contribution in [0.4, 0.5) is 5.69 Å². The molecule has 1 N–H and O–H groups in total. The Bertz CT molecular complexity index is 818. The molecule has 1 amide bonds. The van der Waals surface area contributed by atoms with Crippen LogP contribution in [0.5, 0.6) is 0 Å². The van der Waals surface area contributed by atoms with Gasteiger partial charge in [0.2, 0.25) is 0 Å². The Morgan fingerprint density at radius 1 is 0.957 bits per heavy atom. The molecule has 0 saturated heterocycles. The second kappa shape index (κ2) is 6.89. The van der Waals surface area contributed by atoms with E-state index in [0.29, 0.717) is 22.1 Å². The molecule has 0 bridgehead atoms. The number of nitrogens with zero attached hydrogens (tertiary/aromatic N) is 2. The molecule has 0 aliphatic heterocycles. The summed E-state index contributed by atoms with van der Waals surface area (Å²) in [7, 11) is 0. The van der Waals surface area contributed by atoms with Crippen molar-refractivity contribution < 1.29 is 4.79 Å². The minimum absolute atomic E-state index is 0.255. The van der Waals surface area contributed by atoms with Gasteiger partial charge in [0.15, 0.2) is 5.82 Å². The molecular formula is C17H11BrClN3O. The first-order chi connectivity index (χ1) is 11.1. The molecule has 2 aromatic carbocycles. The quantitative estimate of drug-likeness (QED) is 0.700. The lowest BCUT2D eigenvalue weighted by Crippen LogP contribution is -2.12. The van der Waals surface area contributed by atoms with Gasteiger partial charge in [0.25, 0.3) is 5.91 Å². The van der Waals surface area contributed by atoms with Gasteiger partial charge in [-0.1, -0.05) is 27.5 Å². The second-order valence-electron chi connectivity index (χ2n) is 4.76. The normalized spacial score (nSPS) is 10.3. The number of hydrogen-bond acceptors (Lipinski definition) is 3. The molecule has 0 unspecified atom stereocenters. The number of anilines is 1. The van der Waals surface area contributed by atoms with E-state index in [9.17, 15) is 4.79 Å². The van der Waals surface area contributed by atoms with Gasteiger partial charge < -0.3 is 5.32 Å². The van der Waals surface area contributed by atoms with Crippen molar-refractivity contribution >= 4 is 39.1 Å². The molecule has 0 aliphatic carbocycles. The molecular weight excluding hydrogens is 378 g/mol. The van der Waals surface area contributed by atoms with Crippen molar-refractivity contribution in [3.8, 4) is 11.4 Å². The SMILES string of the molecule is O=C(Nc1ccc(Br)cc1)c1cnc(-c2ccc(Cl)cc2)nc1. The Balaban J connectivity index is 1.74. The zero-order chi connectivity index (χ0) is 16.2. The monoisotopic (exact) mass is 387 g/mol. The molecule has 0 atom stereocenters. The summed E-state index contributed by atoms with van der Waals surface area (Å²) in [4.78, 5) is 20.6. The van der Waals surface area contributed by atoms with E-state index in [4.69, 9.17) is 11.6 Å². The third kappa shape index (κ3) is 3.94. The van der Waals surface area contributed by atoms with E-state index in [1.165, 1.54) is 12.4 Å². The molecule has 0 saturated carbocycles. The first-order valence-electron chi connectivity index (χ1n) is 6.77. The van der Waals surface area contributed by atoms with Crippen LogP contribution in [0.2, 0.25) is 5.02 Å². The predicted molar refractivity (Wildman–Crippen MR) is 94.6 cm³/mol. The van der Waals surface area contributed by atoms with E-state index >= 15 is 0 Å². The molecule has 6 heteroatoms. The number of carbonyl (C=O) groups excluding carboxylic acids is 1. The Hall–Kier alpha value is -2.24. The highest BCUT2D eigenvalue weighted by Gasteiger charge is 2.08. The van der Waals surface area contributed by atoms with E-state index in [-0.39, 0.29) is 5.91 Å². The van der Waals surface area contributed by atoms with E-state index in [2.05, 4.69) is 31.2 Å². The minimum Gasteiger partial charge on any atom is -0.322 e. The number of carbonyl (C=O) groups is 1. The van der Waals surface area contributed by atoms with E-state index in [0.717, 1.165) is 10.0 Å². The third-order valence-electron chi connectivity index (χ3n) is 3.12. The molecule has 23 heavy (non-hydrogen) atoms. The number of nitrogens with one attached hydrogen (secondary N) is 1. The fourth-order valence-electron chi connectivity index (χ4n) is 1.93. The first kappa shape index (κ1) is 15.6. The Morgan fingerprint density at radius 2 is 1.57 bits per heavy atom. The Labute approximate surface area is 146 Å². The zero-order valence-corrected chi connectivity index (χ0v) is 14.2. The maximum absolute atomic E-state index is 12.2. The standard InChI is InChI=1S/C17H11BrClN3O/c18-13-3-7-15(8-4-13)22-17(23)12-9-20-16(21-10-12)11-1-5-14(19)6-2-11/h1-10H,(H,22,23). The van der Waals surface area contributed by atoms with Gasteiger partial charge in [-0.2, -0.15) is 0 Å². The predicted octanol–water partition coefficient (Wildman–Crippen LogP) is 4.81. The number of rotatable bonds is 3. The van der Waals surface area contributed by atoms with E-state index < -0.39 is 0 Å². The second-order valence-corrected chi connectivity index (χ2v) is 6.12. The summed E-state index contributed by atoms with van der Waals surface area (Å²) in [5, 5.41) is 3.45. The Morgan fingerprint density at radius 3 is 2.17 bits per heavy atom. The minimum atomic E-state index is -0.255. The Kier molecular flexibility index (Phi) is 4.69. The summed E-state index contributed by atoms with van der Waals surface area (Å²) < 4.78 is 0.950. The average molecular weight is 389 g/mol. The van der Waals surface area contributed by atoms with Crippen LogP contribution >= 0.6 is 27.5 Å². The lowest BCUT2D eigenvalue weighted by atomic mass is 10.2. The van der Waals surface area contributed by atoms with Crippen molar-refractivity contribution in [2.24, 2.45) is 0 Å². The topological polar surface area (TPSA) is 54.9 Å². The molecule has 3 rings (SSSR count).